The second kappa shape index (κ2) is 6.89. The Bertz CT molecular complexity index is 363. The van der Waals surface area contributed by atoms with Crippen LogP contribution in [0.5, 0.6) is 0 Å². The molecule has 1 rings (SSSR count). The van der Waals surface area contributed by atoms with Crippen molar-refractivity contribution in [3.63, 3.8) is 0 Å². The number of nitrogens with one attached hydrogen (secondary N) is 2. The molecular weight excluding hydrogens is 279 g/mol. The summed E-state index contributed by atoms with van der Waals surface area (Å²) in [6.45, 7) is 0.932. The van der Waals surface area contributed by atoms with Gasteiger partial charge in [-0.25, -0.2) is 4.79 Å². The number of alkyl halides is 3. The number of halogens is 3. The first kappa shape index (κ1) is 16.7. The number of rotatable bonds is 3. The number of imide groups is 1. The maximum atomic E-state index is 11.9. The molecule has 6 nitrogen and oxygen atoms in total. The van der Waals surface area contributed by atoms with Crippen molar-refractivity contribution < 1.29 is 27.9 Å². The fourth-order valence-corrected chi connectivity index (χ4v) is 1.94. The van der Waals surface area contributed by atoms with Gasteiger partial charge in [-0.3, -0.25) is 15.0 Å². The van der Waals surface area contributed by atoms with E-state index in [2.05, 4.69) is 0 Å². The number of hydrogen-bond acceptors (Lipinski definition) is 4. The minimum absolute atomic E-state index is 0.304. The lowest BCUT2D eigenvalue weighted by Gasteiger charge is -2.33. The Hall–Kier alpha value is -1.35. The van der Waals surface area contributed by atoms with Crippen LogP contribution in [-0.4, -0.2) is 59.9 Å². The number of aliphatic hydroxyl groups is 1. The summed E-state index contributed by atoms with van der Waals surface area (Å²) in [5, 5.41) is 12.9. The summed E-state index contributed by atoms with van der Waals surface area (Å²) in [4.78, 5) is 24.5. The lowest BCUT2D eigenvalue weighted by Crippen LogP contribution is -2.53. The summed E-state index contributed by atoms with van der Waals surface area (Å²) in [6, 6.07) is -1.88. The van der Waals surface area contributed by atoms with E-state index in [0.717, 1.165) is 6.42 Å². The first-order chi connectivity index (χ1) is 9.19. The van der Waals surface area contributed by atoms with Crippen LogP contribution < -0.4 is 10.6 Å². The molecule has 2 atom stereocenters. The molecule has 3 N–H and O–H groups in total. The number of amides is 3. The molecule has 3 amide bonds. The van der Waals surface area contributed by atoms with Gasteiger partial charge in [0.2, 0.25) is 5.91 Å². The topological polar surface area (TPSA) is 81.7 Å². The van der Waals surface area contributed by atoms with Crippen LogP contribution in [0.2, 0.25) is 0 Å². The number of aliphatic hydroxyl groups excluding tert-OH is 1. The van der Waals surface area contributed by atoms with Crippen LogP contribution in [0, 0.1) is 0 Å². The van der Waals surface area contributed by atoms with Crippen molar-refractivity contribution >= 4 is 11.9 Å². The van der Waals surface area contributed by atoms with Gasteiger partial charge in [0.25, 0.3) is 0 Å². The SMILES string of the molecule is CC(C(=O)NC(=O)NCC(F)(F)F)N1CCCC(O)C1. The Morgan fingerprint density at radius 3 is 2.65 bits per heavy atom. The van der Waals surface area contributed by atoms with E-state index < -0.39 is 36.8 Å². The first-order valence-corrected chi connectivity index (χ1v) is 6.26. The molecule has 116 valence electrons. The third-order valence-corrected chi connectivity index (χ3v) is 3.04. The van der Waals surface area contributed by atoms with E-state index >= 15 is 0 Å². The number of carbonyl (C=O) groups excluding carboxylic acids is 2. The number of likely N-dealkylation sites (tertiary alicyclic amines) is 1. The van der Waals surface area contributed by atoms with Crippen molar-refractivity contribution in [2.75, 3.05) is 19.6 Å². The molecule has 0 bridgehead atoms. The molecule has 0 saturated carbocycles. The van der Waals surface area contributed by atoms with Gasteiger partial charge in [-0.15, -0.1) is 0 Å². The Balaban J connectivity index is 2.39. The van der Waals surface area contributed by atoms with Crippen LogP contribution in [0.4, 0.5) is 18.0 Å². The minimum Gasteiger partial charge on any atom is -0.392 e. The molecule has 1 saturated heterocycles. The van der Waals surface area contributed by atoms with Gasteiger partial charge in [-0.2, -0.15) is 13.2 Å². The highest BCUT2D eigenvalue weighted by Crippen LogP contribution is 2.13. The van der Waals surface area contributed by atoms with E-state index in [0.29, 0.717) is 19.5 Å². The largest absolute Gasteiger partial charge is 0.405 e. The zero-order valence-corrected chi connectivity index (χ0v) is 11.0. The number of carbonyl (C=O) groups is 2. The van der Waals surface area contributed by atoms with Crippen molar-refractivity contribution in [2.45, 2.75) is 38.1 Å². The maximum Gasteiger partial charge on any atom is 0.405 e. The molecule has 2 unspecified atom stereocenters. The predicted molar refractivity (Wildman–Crippen MR) is 63.9 cm³/mol. The average Bonchev–Trinajstić information content (AvgIpc) is 2.34. The Kier molecular flexibility index (Phi) is 5.75. The summed E-state index contributed by atoms with van der Waals surface area (Å²) in [5.41, 5.74) is 0. The number of piperidine rings is 1. The molecule has 1 heterocycles. The zero-order valence-electron chi connectivity index (χ0n) is 11.0. The van der Waals surface area contributed by atoms with Crippen molar-refractivity contribution in [3.8, 4) is 0 Å². The predicted octanol–water partition coefficient (Wildman–Crippen LogP) is 0.220. The number of hydrogen-bond donors (Lipinski definition) is 3. The summed E-state index contributed by atoms with van der Waals surface area (Å²) in [6.07, 6.45) is -3.68. The molecule has 9 heteroatoms. The third kappa shape index (κ3) is 5.74. The van der Waals surface area contributed by atoms with Crippen LogP contribution in [0.15, 0.2) is 0 Å². The fourth-order valence-electron chi connectivity index (χ4n) is 1.94. The monoisotopic (exact) mass is 297 g/mol. The van der Waals surface area contributed by atoms with Gasteiger partial charge in [0.15, 0.2) is 0 Å². The highest BCUT2D eigenvalue weighted by atomic mass is 19.4. The van der Waals surface area contributed by atoms with E-state index in [1.165, 1.54) is 6.92 Å². The zero-order chi connectivity index (χ0) is 15.3. The van der Waals surface area contributed by atoms with Crippen molar-refractivity contribution in [3.05, 3.63) is 0 Å². The number of urea groups is 1. The molecule has 0 spiro atoms. The first-order valence-electron chi connectivity index (χ1n) is 6.26. The van der Waals surface area contributed by atoms with Gasteiger partial charge in [0.05, 0.1) is 12.1 Å². The van der Waals surface area contributed by atoms with Gasteiger partial charge >= 0.3 is 12.2 Å². The van der Waals surface area contributed by atoms with Gasteiger partial charge in [-0.1, -0.05) is 0 Å². The van der Waals surface area contributed by atoms with Crippen LogP contribution in [0.1, 0.15) is 19.8 Å². The van der Waals surface area contributed by atoms with E-state index in [-0.39, 0.29) is 0 Å². The normalized spacial score (nSPS) is 22.1. The molecule has 0 aliphatic carbocycles. The van der Waals surface area contributed by atoms with E-state index in [1.807, 2.05) is 5.32 Å². The van der Waals surface area contributed by atoms with Crippen LogP contribution in [0.25, 0.3) is 0 Å². The number of β-amino-alcohol motifs (C(OH)–C–C–N with tert-alkyl or cyclic N) is 1. The molecule has 0 aromatic rings. The summed E-state index contributed by atoms with van der Waals surface area (Å²) in [5.74, 6) is -0.696. The number of nitrogens with zero attached hydrogens (tertiary/aromatic N) is 1. The summed E-state index contributed by atoms with van der Waals surface area (Å²) in [7, 11) is 0. The molecule has 0 radical (unpaired) electrons. The molecule has 1 aliphatic rings. The van der Waals surface area contributed by atoms with Crippen molar-refractivity contribution in [2.24, 2.45) is 0 Å². The van der Waals surface area contributed by atoms with Gasteiger partial charge < -0.3 is 10.4 Å². The van der Waals surface area contributed by atoms with E-state index in [9.17, 15) is 27.9 Å². The van der Waals surface area contributed by atoms with Gasteiger partial charge in [0, 0.05) is 6.54 Å². The highest BCUT2D eigenvalue weighted by Gasteiger charge is 2.30. The standard InChI is InChI=1S/C11H18F3N3O3/c1-7(17-4-2-3-8(18)5-17)9(19)16-10(20)15-6-11(12,13)14/h7-8,18H,2-6H2,1H3,(H2,15,16,19,20). The van der Waals surface area contributed by atoms with Crippen LogP contribution in [0.3, 0.4) is 0 Å². The lowest BCUT2D eigenvalue weighted by molar-refractivity contribution is -0.127. The Labute approximate surface area is 114 Å². The summed E-state index contributed by atoms with van der Waals surface area (Å²) < 4.78 is 35.6. The second-order valence-corrected chi connectivity index (χ2v) is 4.75. The summed E-state index contributed by atoms with van der Waals surface area (Å²) >= 11 is 0. The third-order valence-electron chi connectivity index (χ3n) is 3.04. The van der Waals surface area contributed by atoms with Crippen LogP contribution >= 0.6 is 0 Å². The minimum atomic E-state index is -4.52. The molecule has 1 fully saturated rings. The van der Waals surface area contributed by atoms with Crippen LogP contribution in [-0.2, 0) is 4.79 Å². The van der Waals surface area contributed by atoms with E-state index in [4.69, 9.17) is 0 Å². The van der Waals surface area contributed by atoms with Gasteiger partial charge in [-0.05, 0) is 26.3 Å². The van der Waals surface area contributed by atoms with Crippen molar-refractivity contribution in [1.82, 2.24) is 15.5 Å². The van der Waals surface area contributed by atoms with E-state index in [1.54, 1.807) is 10.2 Å². The lowest BCUT2D eigenvalue weighted by atomic mass is 10.1. The smallest absolute Gasteiger partial charge is 0.392 e. The molecular formula is C11H18F3N3O3. The highest BCUT2D eigenvalue weighted by molar-refractivity contribution is 5.96. The Morgan fingerprint density at radius 2 is 2.10 bits per heavy atom. The second-order valence-electron chi connectivity index (χ2n) is 4.75. The Morgan fingerprint density at radius 1 is 1.45 bits per heavy atom. The molecule has 0 aromatic heterocycles. The molecule has 0 aromatic carbocycles. The maximum absolute atomic E-state index is 11.9. The molecule has 20 heavy (non-hydrogen) atoms. The average molecular weight is 297 g/mol. The van der Waals surface area contributed by atoms with Gasteiger partial charge in [0.1, 0.15) is 6.54 Å². The van der Waals surface area contributed by atoms with Crippen molar-refractivity contribution in [1.29, 1.82) is 0 Å². The quantitative estimate of drug-likeness (QED) is 0.696. The fraction of sp³-hybridized carbons (Fsp3) is 0.818. The molecule has 1 aliphatic heterocycles.